The van der Waals surface area contributed by atoms with Crippen LogP contribution in [0, 0.1) is 11.1 Å². The summed E-state index contributed by atoms with van der Waals surface area (Å²) in [5.41, 5.74) is 0. The highest BCUT2D eigenvalue weighted by Crippen LogP contribution is 2.23. The van der Waals surface area contributed by atoms with E-state index in [1.165, 1.54) is 37.2 Å². The highest BCUT2D eigenvalue weighted by atomic mass is 32.2. The number of pyridine rings is 1. The lowest BCUT2D eigenvalue weighted by Crippen LogP contribution is -2.42. The molecule has 2 rings (SSSR count). The van der Waals surface area contributed by atoms with E-state index in [1.807, 2.05) is 0 Å². The summed E-state index contributed by atoms with van der Waals surface area (Å²) >= 11 is 1.28. The molecule has 1 aliphatic carbocycles. The van der Waals surface area contributed by atoms with Crippen LogP contribution in [0.3, 0.4) is 0 Å². The second-order valence-corrected chi connectivity index (χ2v) is 6.08. The highest BCUT2D eigenvalue weighted by Gasteiger charge is 2.22. The van der Waals surface area contributed by atoms with Gasteiger partial charge in [-0.05, 0) is 36.6 Å². The molecular formula is C14H20N2O2S. The quantitative estimate of drug-likeness (QED) is 0.522. The first-order valence-corrected chi connectivity index (χ1v) is 7.75. The summed E-state index contributed by atoms with van der Waals surface area (Å²) in [6.07, 6.45) is 6.18. The van der Waals surface area contributed by atoms with E-state index in [9.17, 15) is 10.0 Å². The van der Waals surface area contributed by atoms with Gasteiger partial charge in [0.1, 0.15) is 0 Å². The molecule has 0 radical (unpaired) electrons. The molecule has 2 atom stereocenters. The molecular weight excluding hydrogens is 260 g/mol. The molecule has 5 heteroatoms. The third-order valence-electron chi connectivity index (χ3n) is 3.60. The van der Waals surface area contributed by atoms with Gasteiger partial charge in [0.25, 0.3) is 5.03 Å². The maximum Gasteiger partial charge on any atom is 0.251 e. The summed E-state index contributed by atoms with van der Waals surface area (Å²) < 4.78 is 0.793. The van der Waals surface area contributed by atoms with Gasteiger partial charge in [0.15, 0.2) is 6.20 Å². The summed E-state index contributed by atoms with van der Waals surface area (Å²) in [5.74, 6) is 0.881. The van der Waals surface area contributed by atoms with Crippen LogP contribution < -0.4 is 10.0 Å². The molecule has 0 aliphatic heterocycles. The van der Waals surface area contributed by atoms with Crippen molar-refractivity contribution < 1.29 is 9.52 Å². The first kappa shape index (κ1) is 14.2. The third kappa shape index (κ3) is 4.13. The van der Waals surface area contributed by atoms with Gasteiger partial charge < -0.3 is 10.5 Å². The second kappa shape index (κ2) is 6.80. The molecule has 1 aromatic rings. The van der Waals surface area contributed by atoms with Gasteiger partial charge in [-0.15, -0.1) is 0 Å². The van der Waals surface area contributed by atoms with E-state index in [4.69, 9.17) is 0 Å². The van der Waals surface area contributed by atoms with Gasteiger partial charge >= 0.3 is 0 Å². The van der Waals surface area contributed by atoms with Gasteiger partial charge in [-0.2, -0.15) is 4.73 Å². The topological polar surface area (TPSA) is 56.0 Å². The standard InChI is InChI=1S/C14H20N2O2S/c1-11-6-2-3-7-12(11)15-13(17)10-19-14-8-4-5-9-16(14)18/h4-5,8-9,11-12H,2-3,6-7,10H2,1H3,(H,15,17)/t11-,12+/m0/s1. The largest absolute Gasteiger partial charge is 0.618 e. The van der Waals surface area contributed by atoms with Crippen molar-refractivity contribution in [1.29, 1.82) is 0 Å². The lowest BCUT2D eigenvalue weighted by atomic mass is 9.86. The summed E-state index contributed by atoms with van der Waals surface area (Å²) in [5, 5.41) is 15.1. The number of carbonyl (C=O) groups excluding carboxylic acids is 1. The zero-order valence-corrected chi connectivity index (χ0v) is 12.0. The van der Waals surface area contributed by atoms with Crippen LogP contribution in [0.5, 0.6) is 0 Å². The van der Waals surface area contributed by atoms with Gasteiger partial charge in [0.2, 0.25) is 5.91 Å². The Morgan fingerprint density at radius 3 is 3.00 bits per heavy atom. The molecule has 1 saturated carbocycles. The van der Waals surface area contributed by atoms with Crippen molar-refractivity contribution in [1.82, 2.24) is 5.32 Å². The second-order valence-electron chi connectivity index (χ2n) is 5.09. The molecule has 1 aromatic heterocycles. The molecule has 0 aromatic carbocycles. The number of rotatable bonds is 4. The van der Waals surface area contributed by atoms with E-state index in [0.29, 0.717) is 22.7 Å². The number of amides is 1. The summed E-state index contributed by atoms with van der Waals surface area (Å²) in [4.78, 5) is 11.9. The first-order chi connectivity index (χ1) is 9.16. The van der Waals surface area contributed by atoms with Crippen molar-refractivity contribution in [2.75, 3.05) is 5.75 Å². The lowest BCUT2D eigenvalue weighted by molar-refractivity contribution is -0.645. The van der Waals surface area contributed by atoms with Crippen molar-refractivity contribution in [3.05, 3.63) is 29.6 Å². The molecule has 1 aliphatic rings. The molecule has 0 unspecified atom stereocenters. The van der Waals surface area contributed by atoms with Crippen LogP contribution >= 0.6 is 11.8 Å². The fourth-order valence-electron chi connectivity index (χ4n) is 2.44. The van der Waals surface area contributed by atoms with E-state index < -0.39 is 0 Å². The molecule has 4 nitrogen and oxygen atoms in total. The van der Waals surface area contributed by atoms with Crippen molar-refractivity contribution in [2.45, 2.75) is 43.7 Å². The van der Waals surface area contributed by atoms with Crippen LogP contribution in [0.4, 0.5) is 0 Å². The van der Waals surface area contributed by atoms with Gasteiger partial charge in [-0.25, -0.2) is 0 Å². The third-order valence-corrected chi connectivity index (χ3v) is 4.62. The minimum atomic E-state index is 0.0209. The minimum Gasteiger partial charge on any atom is -0.618 e. The molecule has 1 fully saturated rings. The predicted molar refractivity (Wildman–Crippen MR) is 75.7 cm³/mol. The van der Waals surface area contributed by atoms with Crippen LogP contribution in [0.25, 0.3) is 0 Å². The van der Waals surface area contributed by atoms with Crippen LogP contribution in [-0.4, -0.2) is 17.7 Å². The van der Waals surface area contributed by atoms with Crippen molar-refractivity contribution in [3.63, 3.8) is 0 Å². The number of nitrogens with one attached hydrogen (secondary N) is 1. The molecule has 19 heavy (non-hydrogen) atoms. The van der Waals surface area contributed by atoms with Gasteiger partial charge in [0.05, 0.1) is 5.75 Å². The zero-order valence-electron chi connectivity index (χ0n) is 11.2. The maximum absolute atomic E-state index is 11.9. The average Bonchev–Trinajstić information content (AvgIpc) is 2.40. The zero-order chi connectivity index (χ0) is 13.7. The Morgan fingerprint density at radius 1 is 1.47 bits per heavy atom. The van der Waals surface area contributed by atoms with E-state index in [0.717, 1.165) is 11.2 Å². The SMILES string of the molecule is C[C@H]1CCCC[C@H]1NC(=O)CSc1cccc[n+]1[O-]. The number of hydrogen-bond acceptors (Lipinski definition) is 3. The number of hydrogen-bond donors (Lipinski definition) is 1. The summed E-state index contributed by atoms with van der Waals surface area (Å²) in [6.45, 7) is 2.19. The Bertz CT molecular complexity index is 439. The number of thioether (sulfide) groups is 1. The van der Waals surface area contributed by atoms with E-state index >= 15 is 0 Å². The molecule has 1 N–H and O–H groups in total. The smallest absolute Gasteiger partial charge is 0.251 e. The normalized spacial score (nSPS) is 23.0. The van der Waals surface area contributed by atoms with E-state index in [-0.39, 0.29) is 5.91 Å². The number of nitrogens with zero attached hydrogens (tertiary/aromatic N) is 1. The molecule has 0 saturated heterocycles. The van der Waals surface area contributed by atoms with Crippen LogP contribution in [0.2, 0.25) is 0 Å². The Balaban J connectivity index is 1.80. The van der Waals surface area contributed by atoms with E-state index in [1.54, 1.807) is 18.2 Å². The van der Waals surface area contributed by atoms with E-state index in [2.05, 4.69) is 12.2 Å². The van der Waals surface area contributed by atoms with Crippen LogP contribution in [0.15, 0.2) is 29.4 Å². The number of aromatic nitrogens is 1. The van der Waals surface area contributed by atoms with Gasteiger partial charge in [0, 0.05) is 18.2 Å². The highest BCUT2D eigenvalue weighted by molar-refractivity contribution is 7.99. The fourth-order valence-corrected chi connectivity index (χ4v) is 3.17. The maximum atomic E-state index is 11.9. The molecule has 1 amide bonds. The lowest BCUT2D eigenvalue weighted by Gasteiger charge is -2.29. The number of carbonyl (C=O) groups is 1. The van der Waals surface area contributed by atoms with Gasteiger partial charge in [-0.1, -0.05) is 19.8 Å². The predicted octanol–water partition coefficient (Wildman–Crippen LogP) is 2.11. The van der Waals surface area contributed by atoms with Crippen molar-refractivity contribution in [2.24, 2.45) is 5.92 Å². The molecule has 1 heterocycles. The monoisotopic (exact) mass is 280 g/mol. The Hall–Kier alpha value is -1.23. The van der Waals surface area contributed by atoms with Crippen LogP contribution in [0.1, 0.15) is 32.6 Å². The van der Waals surface area contributed by atoms with Crippen molar-refractivity contribution >= 4 is 17.7 Å². The minimum absolute atomic E-state index is 0.0209. The molecule has 104 valence electrons. The summed E-state index contributed by atoms with van der Waals surface area (Å²) in [7, 11) is 0. The fraction of sp³-hybridized carbons (Fsp3) is 0.571. The van der Waals surface area contributed by atoms with Crippen LogP contribution in [-0.2, 0) is 4.79 Å². The average molecular weight is 280 g/mol. The molecule has 0 spiro atoms. The first-order valence-electron chi connectivity index (χ1n) is 6.77. The molecule has 0 bridgehead atoms. The Morgan fingerprint density at radius 2 is 2.26 bits per heavy atom. The Labute approximate surface area is 118 Å². The van der Waals surface area contributed by atoms with Crippen molar-refractivity contribution in [3.8, 4) is 0 Å². The Kier molecular flexibility index (Phi) is 5.07. The summed E-state index contributed by atoms with van der Waals surface area (Å²) in [6, 6.07) is 5.52. The van der Waals surface area contributed by atoms with Gasteiger partial charge in [-0.3, -0.25) is 4.79 Å².